The molecule has 1 N–H and O–H groups in total. The van der Waals surface area contributed by atoms with Crippen molar-refractivity contribution in [2.24, 2.45) is 0 Å². The van der Waals surface area contributed by atoms with Crippen LogP contribution in [-0.4, -0.2) is 9.55 Å². The summed E-state index contributed by atoms with van der Waals surface area (Å²) in [5.74, 6) is -0.602. The smallest absolute Gasteiger partial charge is 0.266 e. The van der Waals surface area contributed by atoms with Crippen molar-refractivity contribution in [2.75, 3.05) is 0 Å². The molecule has 0 saturated heterocycles. The molecule has 0 saturated carbocycles. The number of H-pyrrole nitrogens is 1. The van der Waals surface area contributed by atoms with Crippen LogP contribution in [0.1, 0.15) is 0 Å². The Hall–Kier alpha value is -1.98. The van der Waals surface area contributed by atoms with Gasteiger partial charge in [0.25, 0.3) is 5.56 Å². The molecule has 3 nitrogen and oxygen atoms in total. The van der Waals surface area contributed by atoms with Gasteiger partial charge in [0.15, 0.2) is 4.77 Å². The van der Waals surface area contributed by atoms with Crippen LogP contribution in [0.25, 0.3) is 16.6 Å². The fourth-order valence-corrected chi connectivity index (χ4v) is 2.60. The number of fused-ring (bicyclic) bond motifs is 1. The molecule has 0 aliphatic heterocycles. The highest BCUT2D eigenvalue weighted by atomic mass is 35.5. The van der Waals surface area contributed by atoms with Crippen molar-refractivity contribution in [3.63, 3.8) is 0 Å². The number of hydrogen-bond acceptors (Lipinski definition) is 2. The quantitative estimate of drug-likeness (QED) is 0.694. The van der Waals surface area contributed by atoms with E-state index in [4.69, 9.17) is 23.8 Å². The van der Waals surface area contributed by atoms with Crippen LogP contribution in [0.4, 0.5) is 4.39 Å². The van der Waals surface area contributed by atoms with Gasteiger partial charge in [0.2, 0.25) is 0 Å². The average molecular weight is 307 g/mol. The fourth-order valence-electron chi connectivity index (χ4n) is 2.07. The predicted octanol–water partition coefficient (Wildman–Crippen LogP) is 3.84. The number of halogens is 2. The lowest BCUT2D eigenvalue weighted by Crippen LogP contribution is -2.21. The summed E-state index contributed by atoms with van der Waals surface area (Å²) < 4.78 is 15.2. The molecule has 2 aromatic carbocycles. The lowest BCUT2D eigenvalue weighted by Gasteiger charge is -2.10. The molecular weight excluding hydrogens is 299 g/mol. The summed E-state index contributed by atoms with van der Waals surface area (Å²) in [6, 6.07) is 11.1. The molecule has 0 atom stereocenters. The Balaban J connectivity index is 2.50. The average Bonchev–Trinajstić information content (AvgIpc) is 2.42. The van der Waals surface area contributed by atoms with Gasteiger partial charge in [-0.2, -0.15) is 0 Å². The lowest BCUT2D eigenvalue weighted by atomic mass is 10.2. The minimum absolute atomic E-state index is 0.0360. The van der Waals surface area contributed by atoms with Crippen molar-refractivity contribution >= 4 is 34.7 Å². The zero-order valence-corrected chi connectivity index (χ0v) is 11.6. The highest BCUT2D eigenvalue weighted by Crippen LogP contribution is 2.23. The number of nitrogens with zero attached hydrogens (tertiary/aromatic N) is 1. The Kier molecular flexibility index (Phi) is 3.16. The van der Waals surface area contributed by atoms with Gasteiger partial charge in [0.05, 0.1) is 15.9 Å². The summed E-state index contributed by atoms with van der Waals surface area (Å²) in [6.45, 7) is 0. The second-order valence-corrected chi connectivity index (χ2v) is 4.98. The van der Waals surface area contributed by atoms with Crippen LogP contribution in [0.5, 0.6) is 0 Å². The molecule has 1 aromatic heterocycles. The molecule has 0 spiro atoms. The topological polar surface area (TPSA) is 37.8 Å². The van der Waals surface area contributed by atoms with Crippen LogP contribution >= 0.6 is 23.8 Å². The van der Waals surface area contributed by atoms with E-state index < -0.39 is 11.4 Å². The van der Waals surface area contributed by atoms with Crippen molar-refractivity contribution in [3.05, 3.63) is 68.4 Å². The number of aromatic nitrogens is 2. The second-order valence-electron chi connectivity index (χ2n) is 4.19. The van der Waals surface area contributed by atoms with Crippen molar-refractivity contribution in [2.45, 2.75) is 0 Å². The Morgan fingerprint density at radius 2 is 1.90 bits per heavy atom. The maximum atomic E-state index is 14.0. The van der Waals surface area contributed by atoms with E-state index in [1.165, 1.54) is 18.2 Å². The van der Waals surface area contributed by atoms with Gasteiger partial charge in [-0.3, -0.25) is 4.79 Å². The molecule has 0 unspecified atom stereocenters. The molecule has 0 aliphatic carbocycles. The van der Waals surface area contributed by atoms with Crippen LogP contribution in [0.15, 0.2) is 47.3 Å². The highest BCUT2D eigenvalue weighted by molar-refractivity contribution is 7.71. The second kappa shape index (κ2) is 4.85. The molecule has 3 aromatic rings. The Morgan fingerprint density at radius 3 is 2.65 bits per heavy atom. The van der Waals surface area contributed by atoms with Gasteiger partial charge in [-0.15, -0.1) is 0 Å². The standard InChI is InChI=1S/C14H8ClFN2OS/c15-9-5-3-6-10(16)12(9)18-13(19)8-4-1-2-7-11(8)17-14(18)20/h1-7H,(H,17,20). The molecule has 0 bridgehead atoms. The van der Waals surface area contributed by atoms with Gasteiger partial charge in [0, 0.05) is 0 Å². The highest BCUT2D eigenvalue weighted by Gasteiger charge is 2.14. The van der Waals surface area contributed by atoms with Gasteiger partial charge in [-0.1, -0.05) is 29.8 Å². The van der Waals surface area contributed by atoms with Gasteiger partial charge in [0.1, 0.15) is 11.5 Å². The van der Waals surface area contributed by atoms with E-state index in [9.17, 15) is 9.18 Å². The minimum atomic E-state index is -0.602. The molecule has 0 fully saturated rings. The fraction of sp³-hybridized carbons (Fsp3) is 0. The first-order valence-corrected chi connectivity index (χ1v) is 6.56. The third-order valence-corrected chi connectivity index (χ3v) is 3.56. The number of rotatable bonds is 1. The van der Waals surface area contributed by atoms with Gasteiger partial charge < -0.3 is 4.98 Å². The van der Waals surface area contributed by atoms with E-state index in [1.54, 1.807) is 24.3 Å². The molecule has 0 aliphatic rings. The molecular formula is C14H8ClFN2OS. The van der Waals surface area contributed by atoms with Gasteiger partial charge in [-0.05, 0) is 36.5 Å². The summed E-state index contributed by atoms with van der Waals surface area (Å²) in [6.07, 6.45) is 0. The normalized spacial score (nSPS) is 10.9. The van der Waals surface area contributed by atoms with E-state index in [-0.39, 0.29) is 15.5 Å². The first kappa shape index (κ1) is 13.0. The van der Waals surface area contributed by atoms with E-state index in [0.29, 0.717) is 10.9 Å². The molecule has 6 heteroatoms. The van der Waals surface area contributed by atoms with Crippen LogP contribution in [0, 0.1) is 10.6 Å². The Bertz CT molecular complexity index is 912. The van der Waals surface area contributed by atoms with E-state index in [2.05, 4.69) is 4.98 Å². The van der Waals surface area contributed by atoms with Gasteiger partial charge >= 0.3 is 0 Å². The number of aromatic amines is 1. The number of hydrogen-bond donors (Lipinski definition) is 1. The number of benzene rings is 2. The van der Waals surface area contributed by atoms with Crippen molar-refractivity contribution in [3.8, 4) is 5.69 Å². The zero-order chi connectivity index (χ0) is 14.3. The van der Waals surface area contributed by atoms with E-state index in [0.717, 1.165) is 4.57 Å². The number of para-hydroxylation sites is 2. The van der Waals surface area contributed by atoms with E-state index in [1.807, 2.05) is 0 Å². The lowest BCUT2D eigenvalue weighted by molar-refractivity contribution is 0.615. The summed E-state index contributed by atoms with van der Waals surface area (Å²) in [7, 11) is 0. The summed E-state index contributed by atoms with van der Waals surface area (Å²) in [5.41, 5.74) is 0.161. The minimum Gasteiger partial charge on any atom is -0.331 e. The first-order valence-electron chi connectivity index (χ1n) is 5.78. The van der Waals surface area contributed by atoms with Crippen LogP contribution in [0.2, 0.25) is 5.02 Å². The van der Waals surface area contributed by atoms with Crippen molar-refractivity contribution < 1.29 is 4.39 Å². The maximum absolute atomic E-state index is 14.0. The van der Waals surface area contributed by atoms with Crippen LogP contribution < -0.4 is 5.56 Å². The summed E-state index contributed by atoms with van der Waals surface area (Å²) in [4.78, 5) is 15.4. The van der Waals surface area contributed by atoms with Crippen LogP contribution in [0.3, 0.4) is 0 Å². The molecule has 3 rings (SSSR count). The third kappa shape index (κ3) is 1.95. The van der Waals surface area contributed by atoms with Crippen LogP contribution in [-0.2, 0) is 0 Å². The maximum Gasteiger partial charge on any atom is 0.266 e. The predicted molar refractivity (Wildman–Crippen MR) is 79.7 cm³/mol. The Morgan fingerprint density at radius 1 is 1.15 bits per heavy atom. The Labute approximate surface area is 123 Å². The zero-order valence-electron chi connectivity index (χ0n) is 10.1. The first-order chi connectivity index (χ1) is 9.59. The SMILES string of the molecule is O=c1c2ccccc2[nH]c(=S)n1-c1c(F)cccc1Cl. The third-order valence-electron chi connectivity index (χ3n) is 2.97. The number of nitrogens with one attached hydrogen (secondary N) is 1. The molecule has 20 heavy (non-hydrogen) atoms. The molecule has 0 radical (unpaired) electrons. The molecule has 0 amide bonds. The summed E-state index contributed by atoms with van der Waals surface area (Å²) >= 11 is 11.1. The van der Waals surface area contributed by atoms with Gasteiger partial charge in [-0.25, -0.2) is 8.96 Å². The molecule has 100 valence electrons. The molecule has 1 heterocycles. The van der Waals surface area contributed by atoms with E-state index >= 15 is 0 Å². The largest absolute Gasteiger partial charge is 0.331 e. The summed E-state index contributed by atoms with van der Waals surface area (Å²) in [5, 5.41) is 0.544. The monoisotopic (exact) mass is 306 g/mol. The van der Waals surface area contributed by atoms with Crippen molar-refractivity contribution in [1.29, 1.82) is 0 Å². The van der Waals surface area contributed by atoms with Crippen molar-refractivity contribution in [1.82, 2.24) is 9.55 Å².